The molecule has 0 radical (unpaired) electrons. The molecular formula is C13H16N2O3S. The monoisotopic (exact) mass is 280 g/mol. The van der Waals surface area contributed by atoms with E-state index in [4.69, 9.17) is 9.47 Å². The first kappa shape index (κ1) is 13.8. The predicted octanol–water partition coefficient (Wildman–Crippen LogP) is 3.04. The van der Waals surface area contributed by atoms with Crippen molar-refractivity contribution in [3.8, 4) is 6.07 Å². The normalized spacial score (nSPS) is 16.3. The molecule has 2 heterocycles. The van der Waals surface area contributed by atoms with Gasteiger partial charge in [-0.2, -0.15) is 5.26 Å². The lowest BCUT2D eigenvalue weighted by atomic mass is 9.93. The Morgan fingerprint density at radius 2 is 2.37 bits per heavy atom. The van der Waals surface area contributed by atoms with Gasteiger partial charge in [-0.05, 0) is 26.3 Å². The van der Waals surface area contributed by atoms with E-state index in [-0.39, 0.29) is 5.60 Å². The quantitative estimate of drug-likeness (QED) is 0.903. The number of carbonyl (C=O) groups is 1. The average molecular weight is 280 g/mol. The van der Waals surface area contributed by atoms with Gasteiger partial charge >= 0.3 is 6.09 Å². The van der Waals surface area contributed by atoms with Crippen LogP contribution in [0.25, 0.3) is 0 Å². The molecule has 0 atom stereocenters. The molecule has 5 nitrogen and oxygen atoms in total. The first-order valence-electron chi connectivity index (χ1n) is 6.09. The summed E-state index contributed by atoms with van der Waals surface area (Å²) in [6.07, 6.45) is 0.143. The first-order valence-corrected chi connectivity index (χ1v) is 6.91. The van der Waals surface area contributed by atoms with Crippen LogP contribution in [0.1, 0.15) is 36.8 Å². The van der Waals surface area contributed by atoms with Gasteiger partial charge < -0.3 is 9.47 Å². The van der Waals surface area contributed by atoms with Crippen LogP contribution in [0.5, 0.6) is 0 Å². The Bertz CT molecular complexity index is 543. The summed E-state index contributed by atoms with van der Waals surface area (Å²) in [6.45, 7) is 6.50. The minimum absolute atomic E-state index is 0.277. The van der Waals surface area contributed by atoms with E-state index in [1.165, 1.54) is 11.3 Å². The smallest absolute Gasteiger partial charge is 0.412 e. The lowest BCUT2D eigenvalue weighted by Gasteiger charge is -2.29. The largest absolute Gasteiger partial charge is 0.450 e. The minimum atomic E-state index is -0.530. The Hall–Kier alpha value is -1.58. The molecule has 1 N–H and O–H groups in total. The van der Waals surface area contributed by atoms with E-state index in [1.54, 1.807) is 6.92 Å². The van der Waals surface area contributed by atoms with Crippen LogP contribution in [-0.2, 0) is 22.5 Å². The van der Waals surface area contributed by atoms with Crippen LogP contribution >= 0.6 is 11.3 Å². The van der Waals surface area contributed by atoms with E-state index >= 15 is 0 Å². The van der Waals surface area contributed by atoms with Crippen molar-refractivity contribution in [1.82, 2.24) is 0 Å². The molecule has 0 unspecified atom stereocenters. The van der Waals surface area contributed by atoms with Crippen LogP contribution in [0.2, 0.25) is 0 Å². The Labute approximate surface area is 116 Å². The van der Waals surface area contributed by atoms with Gasteiger partial charge in [-0.3, -0.25) is 5.32 Å². The summed E-state index contributed by atoms with van der Waals surface area (Å²) in [5.74, 6) is 0. The van der Waals surface area contributed by atoms with E-state index in [0.717, 1.165) is 10.4 Å². The second kappa shape index (κ2) is 5.19. The van der Waals surface area contributed by atoms with Crippen molar-refractivity contribution in [3.05, 3.63) is 16.0 Å². The molecule has 6 heteroatoms. The number of amides is 1. The molecule has 0 saturated heterocycles. The molecule has 1 aliphatic rings. The molecule has 1 amide bonds. The third-order valence-electron chi connectivity index (χ3n) is 2.89. The Balaban J connectivity index is 2.30. The lowest BCUT2D eigenvalue weighted by molar-refractivity contribution is -0.0383. The molecule has 1 aromatic heterocycles. The van der Waals surface area contributed by atoms with Gasteiger partial charge in [0.1, 0.15) is 11.1 Å². The maximum absolute atomic E-state index is 11.5. The van der Waals surface area contributed by atoms with Crippen LogP contribution < -0.4 is 5.32 Å². The van der Waals surface area contributed by atoms with Gasteiger partial charge in [0.15, 0.2) is 0 Å². The zero-order valence-electron chi connectivity index (χ0n) is 11.2. The maximum Gasteiger partial charge on any atom is 0.412 e. The molecule has 19 heavy (non-hydrogen) atoms. The van der Waals surface area contributed by atoms with Gasteiger partial charge in [-0.15, -0.1) is 11.3 Å². The molecular weight excluding hydrogens is 264 g/mol. The number of nitrogens with one attached hydrogen (secondary N) is 1. The summed E-state index contributed by atoms with van der Waals surface area (Å²) in [5.41, 5.74) is 1.24. The lowest BCUT2D eigenvalue weighted by Crippen LogP contribution is -2.31. The van der Waals surface area contributed by atoms with E-state index < -0.39 is 6.09 Å². The van der Waals surface area contributed by atoms with Crippen LogP contribution in [0.3, 0.4) is 0 Å². The number of nitrogens with zero attached hydrogens (tertiary/aromatic N) is 1. The van der Waals surface area contributed by atoms with Crippen molar-refractivity contribution in [2.75, 3.05) is 11.9 Å². The molecule has 2 rings (SSSR count). The summed E-state index contributed by atoms with van der Waals surface area (Å²) in [4.78, 5) is 12.5. The highest BCUT2D eigenvalue weighted by molar-refractivity contribution is 7.16. The molecule has 1 aliphatic heterocycles. The molecule has 1 aromatic rings. The number of fused-ring (bicyclic) bond motifs is 1. The van der Waals surface area contributed by atoms with Crippen molar-refractivity contribution >= 4 is 22.4 Å². The van der Waals surface area contributed by atoms with Crippen molar-refractivity contribution in [1.29, 1.82) is 5.26 Å². The van der Waals surface area contributed by atoms with Gasteiger partial charge in [-0.1, -0.05) is 0 Å². The topological polar surface area (TPSA) is 71.3 Å². The number of thiophene rings is 1. The fourth-order valence-electron chi connectivity index (χ4n) is 2.02. The van der Waals surface area contributed by atoms with Crippen molar-refractivity contribution in [3.63, 3.8) is 0 Å². The standard InChI is InChI=1S/C13H16N2O3S/c1-4-17-12(16)15-11-9(6-14)8-5-13(2,3)18-7-10(8)19-11/h4-5,7H2,1-3H3,(H,15,16). The van der Waals surface area contributed by atoms with E-state index in [2.05, 4.69) is 11.4 Å². The molecule has 0 spiro atoms. The highest BCUT2D eigenvalue weighted by Crippen LogP contribution is 2.39. The van der Waals surface area contributed by atoms with E-state index in [9.17, 15) is 10.1 Å². The van der Waals surface area contributed by atoms with Gasteiger partial charge in [0.25, 0.3) is 0 Å². The number of nitriles is 1. The highest BCUT2D eigenvalue weighted by Gasteiger charge is 2.31. The summed E-state index contributed by atoms with van der Waals surface area (Å²) < 4.78 is 10.5. The van der Waals surface area contributed by atoms with Crippen LogP contribution in [0.15, 0.2) is 0 Å². The second-order valence-corrected chi connectivity index (χ2v) is 6.00. The van der Waals surface area contributed by atoms with Gasteiger partial charge in [0, 0.05) is 11.3 Å². The first-order chi connectivity index (χ1) is 8.96. The van der Waals surface area contributed by atoms with Crippen LogP contribution in [-0.4, -0.2) is 18.3 Å². The molecule has 0 bridgehead atoms. The van der Waals surface area contributed by atoms with Crippen LogP contribution in [0.4, 0.5) is 9.80 Å². The van der Waals surface area contributed by atoms with Gasteiger partial charge in [0.05, 0.1) is 24.4 Å². The van der Waals surface area contributed by atoms with Crippen molar-refractivity contribution in [2.24, 2.45) is 0 Å². The predicted molar refractivity (Wildman–Crippen MR) is 72.3 cm³/mol. The second-order valence-electron chi connectivity index (χ2n) is 4.89. The third-order valence-corrected chi connectivity index (χ3v) is 4.01. The van der Waals surface area contributed by atoms with E-state index in [1.807, 2.05) is 13.8 Å². The minimum Gasteiger partial charge on any atom is -0.450 e. The zero-order valence-corrected chi connectivity index (χ0v) is 12.0. The van der Waals surface area contributed by atoms with E-state index in [0.29, 0.717) is 30.2 Å². The number of ether oxygens (including phenoxy) is 2. The Morgan fingerprint density at radius 3 is 3.00 bits per heavy atom. The fraction of sp³-hybridized carbons (Fsp3) is 0.538. The highest BCUT2D eigenvalue weighted by atomic mass is 32.1. The number of hydrogen-bond acceptors (Lipinski definition) is 5. The molecule has 0 fully saturated rings. The molecule has 102 valence electrons. The number of anilines is 1. The number of rotatable bonds is 2. The van der Waals surface area contributed by atoms with Crippen LogP contribution in [0, 0.1) is 11.3 Å². The summed E-state index contributed by atoms with van der Waals surface area (Å²) in [7, 11) is 0. The van der Waals surface area contributed by atoms with Crippen molar-refractivity contribution in [2.45, 2.75) is 39.4 Å². The van der Waals surface area contributed by atoms with Gasteiger partial charge in [0.2, 0.25) is 0 Å². The third kappa shape index (κ3) is 2.88. The zero-order chi connectivity index (χ0) is 14.0. The molecule has 0 saturated carbocycles. The SMILES string of the molecule is CCOC(=O)Nc1sc2c(c1C#N)CC(C)(C)OC2. The van der Waals surface area contributed by atoms with Gasteiger partial charge in [-0.25, -0.2) is 4.79 Å². The average Bonchev–Trinajstić information content (AvgIpc) is 2.64. The summed E-state index contributed by atoms with van der Waals surface area (Å²) in [6, 6.07) is 2.17. The molecule has 0 aliphatic carbocycles. The van der Waals surface area contributed by atoms with Crippen molar-refractivity contribution < 1.29 is 14.3 Å². The maximum atomic E-state index is 11.5. The summed E-state index contributed by atoms with van der Waals surface area (Å²) in [5, 5.41) is 12.5. The summed E-state index contributed by atoms with van der Waals surface area (Å²) >= 11 is 1.38. The number of hydrogen-bond donors (Lipinski definition) is 1. The Kier molecular flexibility index (Phi) is 3.78. The Morgan fingerprint density at radius 1 is 1.63 bits per heavy atom. The number of carbonyl (C=O) groups excluding carboxylic acids is 1. The fourth-order valence-corrected chi connectivity index (χ4v) is 3.09. The molecule has 0 aromatic carbocycles.